The summed E-state index contributed by atoms with van der Waals surface area (Å²) in [4.78, 5) is 18.0. The number of hydrogen-bond donors (Lipinski definition) is 1. The summed E-state index contributed by atoms with van der Waals surface area (Å²) in [5.41, 5.74) is 1.54. The van der Waals surface area contributed by atoms with Crippen LogP contribution in [0.15, 0.2) is 49.2 Å². The Morgan fingerprint density at radius 2 is 1.79 bits per heavy atom. The first-order chi connectivity index (χ1) is 20.2. The van der Waals surface area contributed by atoms with E-state index in [1.54, 1.807) is 31.6 Å². The minimum absolute atomic E-state index is 0.177. The Morgan fingerprint density at radius 1 is 1.05 bits per heavy atom. The van der Waals surface area contributed by atoms with Crippen LogP contribution in [0, 0.1) is 17.6 Å². The van der Waals surface area contributed by atoms with Gasteiger partial charge in [0.15, 0.2) is 5.82 Å². The molecule has 1 aliphatic carbocycles. The fourth-order valence-corrected chi connectivity index (χ4v) is 6.93. The fourth-order valence-electron chi connectivity index (χ4n) is 5.79. The second-order valence-corrected chi connectivity index (χ2v) is 13.2. The van der Waals surface area contributed by atoms with Crippen molar-refractivity contribution < 1.29 is 17.2 Å². The third kappa shape index (κ3) is 5.82. The summed E-state index contributed by atoms with van der Waals surface area (Å²) in [7, 11) is -1.75. The lowest BCUT2D eigenvalue weighted by molar-refractivity contribution is 0.203. The van der Waals surface area contributed by atoms with Crippen molar-refractivity contribution >= 4 is 32.6 Å². The molecule has 2 fully saturated rings. The zero-order chi connectivity index (χ0) is 29.4. The largest absolute Gasteiger partial charge is 0.357 e. The van der Waals surface area contributed by atoms with Gasteiger partial charge in [0, 0.05) is 62.4 Å². The SMILES string of the molecule is CCCS(=O)(=O)Nc1ccc(F)c(-n2cc(-c3cncnc3)c3nc(N(C)C4CCN(CC5CC5)CC4)ccc32)c1F. The van der Waals surface area contributed by atoms with Gasteiger partial charge in [-0.05, 0) is 62.3 Å². The summed E-state index contributed by atoms with van der Waals surface area (Å²) in [6, 6.07) is 6.16. The topological polar surface area (TPSA) is 96.2 Å². The Labute approximate surface area is 244 Å². The number of sulfonamides is 1. The highest BCUT2D eigenvalue weighted by molar-refractivity contribution is 7.92. The minimum Gasteiger partial charge on any atom is -0.357 e. The van der Waals surface area contributed by atoms with Crippen molar-refractivity contribution in [3.63, 3.8) is 0 Å². The molecule has 0 bridgehead atoms. The van der Waals surface area contributed by atoms with Crippen LogP contribution in [0.25, 0.3) is 27.8 Å². The van der Waals surface area contributed by atoms with Crippen molar-refractivity contribution in [3.05, 3.63) is 60.8 Å². The van der Waals surface area contributed by atoms with Gasteiger partial charge in [-0.25, -0.2) is 32.2 Å². The quantitative estimate of drug-likeness (QED) is 0.269. The van der Waals surface area contributed by atoms with Crippen LogP contribution in [0.2, 0.25) is 0 Å². The Hall–Kier alpha value is -3.64. The maximum absolute atomic E-state index is 15.8. The standard InChI is InChI=1S/C30H35F2N7O2S/c1-3-14-42(40,41)36-25-7-6-24(31)30(28(25)32)39-18-23(21-15-33-19-34-16-21)29-26(39)8-9-27(35-29)37(2)22-10-12-38(13-11-22)17-20-4-5-20/h6-9,15-16,18-20,22,36H,3-5,10-14,17H2,1-2H3. The summed E-state index contributed by atoms with van der Waals surface area (Å²) in [5.74, 6) is -0.385. The van der Waals surface area contributed by atoms with Crippen LogP contribution in [0.4, 0.5) is 20.3 Å². The molecule has 4 heterocycles. The highest BCUT2D eigenvalue weighted by atomic mass is 32.2. The van der Waals surface area contributed by atoms with Gasteiger partial charge in [0.1, 0.15) is 23.6 Å². The van der Waals surface area contributed by atoms with Crippen LogP contribution in [-0.2, 0) is 10.0 Å². The van der Waals surface area contributed by atoms with Gasteiger partial charge in [-0.2, -0.15) is 0 Å². The number of fused-ring (bicyclic) bond motifs is 1. The molecule has 1 saturated carbocycles. The first kappa shape index (κ1) is 28.5. The minimum atomic E-state index is -3.79. The summed E-state index contributed by atoms with van der Waals surface area (Å²) < 4.78 is 59.6. The molecule has 222 valence electrons. The summed E-state index contributed by atoms with van der Waals surface area (Å²) in [5, 5.41) is 0. The van der Waals surface area contributed by atoms with E-state index in [1.807, 2.05) is 13.1 Å². The third-order valence-electron chi connectivity index (χ3n) is 8.23. The second-order valence-electron chi connectivity index (χ2n) is 11.3. The molecule has 12 heteroatoms. The molecular weight excluding hydrogens is 560 g/mol. The number of likely N-dealkylation sites (tertiary alicyclic amines) is 1. The first-order valence-electron chi connectivity index (χ1n) is 14.5. The molecule has 0 spiro atoms. The number of anilines is 2. The molecule has 1 aliphatic heterocycles. The van der Waals surface area contributed by atoms with Gasteiger partial charge >= 0.3 is 0 Å². The third-order valence-corrected chi connectivity index (χ3v) is 9.71. The summed E-state index contributed by atoms with van der Waals surface area (Å²) in [6.45, 7) is 5.04. The summed E-state index contributed by atoms with van der Waals surface area (Å²) >= 11 is 0. The molecular formula is C30H35F2N7O2S. The van der Waals surface area contributed by atoms with Crippen LogP contribution in [0.1, 0.15) is 39.0 Å². The maximum atomic E-state index is 15.8. The van der Waals surface area contributed by atoms with Gasteiger partial charge in [0.25, 0.3) is 0 Å². The number of nitrogens with one attached hydrogen (secondary N) is 1. The van der Waals surface area contributed by atoms with Crippen LogP contribution in [0.3, 0.4) is 0 Å². The van der Waals surface area contributed by atoms with Gasteiger partial charge in [-0.15, -0.1) is 0 Å². The molecule has 6 rings (SSSR count). The molecule has 2 aliphatic rings. The van der Waals surface area contributed by atoms with E-state index in [-0.39, 0.29) is 11.4 Å². The van der Waals surface area contributed by atoms with Crippen LogP contribution < -0.4 is 9.62 Å². The Balaban J connectivity index is 1.39. The molecule has 0 unspecified atom stereocenters. The molecule has 0 atom stereocenters. The number of aromatic nitrogens is 4. The highest BCUT2D eigenvalue weighted by Gasteiger charge is 2.29. The van der Waals surface area contributed by atoms with E-state index in [2.05, 4.69) is 24.5 Å². The van der Waals surface area contributed by atoms with Gasteiger partial charge in [-0.1, -0.05) is 6.92 Å². The molecule has 9 nitrogen and oxygen atoms in total. The van der Waals surface area contributed by atoms with Crippen molar-refractivity contribution in [3.8, 4) is 16.8 Å². The maximum Gasteiger partial charge on any atom is 0.232 e. The molecule has 3 aromatic heterocycles. The molecule has 4 aromatic rings. The van der Waals surface area contributed by atoms with E-state index in [0.29, 0.717) is 34.6 Å². The van der Waals surface area contributed by atoms with Crippen molar-refractivity contribution in [1.29, 1.82) is 0 Å². The van der Waals surface area contributed by atoms with E-state index in [1.165, 1.54) is 30.3 Å². The van der Waals surface area contributed by atoms with E-state index in [9.17, 15) is 8.42 Å². The molecule has 0 amide bonds. The van der Waals surface area contributed by atoms with Crippen molar-refractivity contribution in [2.24, 2.45) is 5.92 Å². The average Bonchev–Trinajstić information content (AvgIpc) is 3.73. The van der Waals surface area contributed by atoms with E-state index in [4.69, 9.17) is 4.98 Å². The molecule has 42 heavy (non-hydrogen) atoms. The van der Waals surface area contributed by atoms with Crippen LogP contribution in [0.5, 0.6) is 0 Å². The van der Waals surface area contributed by atoms with Gasteiger partial charge < -0.3 is 14.4 Å². The lowest BCUT2D eigenvalue weighted by atomic mass is 10.0. The Kier molecular flexibility index (Phi) is 7.84. The molecule has 1 saturated heterocycles. The lowest BCUT2D eigenvalue weighted by Crippen LogP contribution is -2.44. The van der Waals surface area contributed by atoms with Gasteiger partial charge in [0.05, 0.1) is 22.5 Å². The van der Waals surface area contributed by atoms with E-state index < -0.39 is 27.3 Å². The summed E-state index contributed by atoms with van der Waals surface area (Å²) in [6.07, 6.45) is 11.4. The van der Waals surface area contributed by atoms with Crippen molar-refractivity contribution in [2.45, 2.75) is 45.1 Å². The van der Waals surface area contributed by atoms with E-state index >= 15 is 8.78 Å². The number of pyridine rings is 1. The Morgan fingerprint density at radius 3 is 2.48 bits per heavy atom. The molecule has 0 radical (unpaired) electrons. The molecule has 1 N–H and O–H groups in total. The predicted molar refractivity (Wildman–Crippen MR) is 160 cm³/mol. The fraction of sp³-hybridized carbons (Fsp3) is 0.433. The number of benzene rings is 1. The highest BCUT2D eigenvalue weighted by Crippen LogP contribution is 2.36. The van der Waals surface area contributed by atoms with Gasteiger partial charge in [-0.3, -0.25) is 4.72 Å². The number of hydrogen-bond acceptors (Lipinski definition) is 7. The molecule has 1 aromatic carbocycles. The van der Waals surface area contributed by atoms with Crippen molar-refractivity contribution in [1.82, 2.24) is 24.4 Å². The average molecular weight is 596 g/mol. The number of rotatable bonds is 10. The van der Waals surface area contributed by atoms with Crippen LogP contribution >= 0.6 is 0 Å². The van der Waals surface area contributed by atoms with Crippen LogP contribution in [-0.4, -0.2) is 71.3 Å². The number of nitrogens with zero attached hydrogens (tertiary/aromatic N) is 6. The first-order valence-corrected chi connectivity index (χ1v) is 16.1. The predicted octanol–water partition coefficient (Wildman–Crippen LogP) is 5.22. The van der Waals surface area contributed by atoms with E-state index in [0.717, 1.165) is 49.8 Å². The smallest absolute Gasteiger partial charge is 0.232 e. The second kappa shape index (κ2) is 11.6. The van der Waals surface area contributed by atoms with Crippen molar-refractivity contribution in [2.75, 3.05) is 42.1 Å². The zero-order valence-corrected chi connectivity index (χ0v) is 24.6. The number of halogens is 2. The normalized spacial score (nSPS) is 16.7. The lowest BCUT2D eigenvalue weighted by Gasteiger charge is -2.37. The monoisotopic (exact) mass is 595 g/mol. The Bertz CT molecular complexity index is 1690. The zero-order valence-electron chi connectivity index (χ0n) is 23.8. The number of piperidine rings is 1. The van der Waals surface area contributed by atoms with Gasteiger partial charge in [0.2, 0.25) is 10.0 Å².